The summed E-state index contributed by atoms with van der Waals surface area (Å²) >= 11 is 4.88. The molecule has 0 aliphatic carbocycles. The van der Waals surface area contributed by atoms with E-state index in [1.807, 2.05) is 30.3 Å². The van der Waals surface area contributed by atoms with E-state index in [-0.39, 0.29) is 0 Å². The van der Waals surface area contributed by atoms with Crippen molar-refractivity contribution in [1.82, 2.24) is 9.97 Å². The average molecular weight is 214 g/mol. The number of hydrogen-bond donors (Lipinski definition) is 0. The maximum absolute atomic E-state index is 5.61. The lowest BCUT2D eigenvalue weighted by atomic mass is 10.2. The Hall–Kier alpha value is -1.81. The van der Waals surface area contributed by atoms with Crippen LogP contribution in [0, 0.1) is 4.77 Å². The van der Waals surface area contributed by atoms with Gasteiger partial charge < -0.3 is 4.42 Å². The second-order valence-electron chi connectivity index (χ2n) is 3.20. The molecule has 1 aromatic carbocycles. The van der Waals surface area contributed by atoms with Crippen molar-refractivity contribution in [1.29, 1.82) is 0 Å². The minimum atomic E-state index is 0.307. The highest BCUT2D eigenvalue weighted by Crippen LogP contribution is 2.24. The Labute approximate surface area is 90.8 Å². The SMILES string of the molecule is S=c1ncc2cc3ccccc3oc-2n1. The first-order valence-electron chi connectivity index (χ1n) is 4.48. The second kappa shape index (κ2) is 3.10. The first-order valence-corrected chi connectivity index (χ1v) is 4.89. The van der Waals surface area contributed by atoms with Crippen LogP contribution in [0.25, 0.3) is 22.4 Å². The van der Waals surface area contributed by atoms with Crippen LogP contribution in [0.2, 0.25) is 0 Å². The first-order chi connectivity index (χ1) is 7.33. The van der Waals surface area contributed by atoms with Crippen LogP contribution in [0.5, 0.6) is 0 Å². The largest absolute Gasteiger partial charge is 0.438 e. The average Bonchev–Trinajstić information content (AvgIpc) is 2.26. The van der Waals surface area contributed by atoms with E-state index in [1.54, 1.807) is 6.20 Å². The second-order valence-corrected chi connectivity index (χ2v) is 3.56. The molecule has 0 atom stereocenters. The summed E-state index contributed by atoms with van der Waals surface area (Å²) in [5, 5.41) is 1.03. The van der Waals surface area contributed by atoms with Crippen LogP contribution in [0.3, 0.4) is 0 Å². The summed E-state index contributed by atoms with van der Waals surface area (Å²) in [6.07, 6.45) is 1.68. The summed E-state index contributed by atoms with van der Waals surface area (Å²) in [5.74, 6) is 0.536. The molecule has 2 heterocycles. The molecule has 0 spiro atoms. The van der Waals surface area contributed by atoms with Gasteiger partial charge in [-0.05, 0) is 24.4 Å². The highest BCUT2D eigenvalue weighted by molar-refractivity contribution is 7.71. The summed E-state index contributed by atoms with van der Waals surface area (Å²) in [4.78, 5) is 8.02. The van der Waals surface area contributed by atoms with Gasteiger partial charge in [0.25, 0.3) is 0 Å². The van der Waals surface area contributed by atoms with Crippen molar-refractivity contribution in [2.24, 2.45) is 0 Å². The van der Waals surface area contributed by atoms with Crippen molar-refractivity contribution in [3.63, 3.8) is 0 Å². The molecule has 0 N–H and O–H groups in total. The van der Waals surface area contributed by atoms with Crippen LogP contribution in [-0.4, -0.2) is 9.97 Å². The molecule has 2 aliphatic rings. The number of rotatable bonds is 0. The summed E-state index contributed by atoms with van der Waals surface area (Å²) < 4.78 is 5.92. The molecule has 0 aromatic heterocycles. The molecule has 4 heteroatoms. The van der Waals surface area contributed by atoms with Gasteiger partial charge in [-0.2, -0.15) is 4.98 Å². The van der Waals surface area contributed by atoms with Crippen LogP contribution in [-0.2, 0) is 0 Å². The predicted octanol–water partition coefficient (Wildman–Crippen LogP) is 3.06. The Morgan fingerprint density at radius 3 is 3.00 bits per heavy atom. The molecule has 2 aliphatic heterocycles. The van der Waals surface area contributed by atoms with E-state index in [2.05, 4.69) is 9.97 Å². The summed E-state index contributed by atoms with van der Waals surface area (Å²) in [5.41, 5.74) is 1.67. The minimum absolute atomic E-state index is 0.307. The highest BCUT2D eigenvalue weighted by atomic mass is 32.1. The van der Waals surface area contributed by atoms with E-state index in [0.717, 1.165) is 16.5 Å². The number of para-hydroxylation sites is 1. The van der Waals surface area contributed by atoms with Gasteiger partial charge >= 0.3 is 0 Å². The van der Waals surface area contributed by atoms with Crippen molar-refractivity contribution in [3.8, 4) is 11.5 Å². The van der Waals surface area contributed by atoms with Gasteiger partial charge in [-0.3, -0.25) is 0 Å². The van der Waals surface area contributed by atoms with Crippen molar-refractivity contribution < 1.29 is 4.42 Å². The molecular weight excluding hydrogens is 208 g/mol. The van der Waals surface area contributed by atoms with Crippen molar-refractivity contribution >= 4 is 23.2 Å². The molecule has 0 radical (unpaired) electrons. The molecular formula is C11H6N2OS. The highest BCUT2D eigenvalue weighted by Gasteiger charge is 2.07. The maximum atomic E-state index is 5.61. The Morgan fingerprint density at radius 2 is 2.07 bits per heavy atom. The van der Waals surface area contributed by atoms with Crippen molar-refractivity contribution in [2.45, 2.75) is 0 Å². The van der Waals surface area contributed by atoms with Crippen LogP contribution >= 0.6 is 12.2 Å². The number of hydrogen-bond acceptors (Lipinski definition) is 4. The van der Waals surface area contributed by atoms with Crippen LogP contribution in [0.4, 0.5) is 0 Å². The summed E-state index contributed by atoms with van der Waals surface area (Å²) in [7, 11) is 0. The third-order valence-electron chi connectivity index (χ3n) is 2.19. The Kier molecular flexibility index (Phi) is 1.76. The zero-order chi connectivity index (χ0) is 10.3. The lowest BCUT2D eigenvalue weighted by Gasteiger charge is -2.03. The molecule has 3 rings (SSSR count). The Balaban J connectivity index is 2.49. The molecule has 0 saturated carbocycles. The quantitative estimate of drug-likeness (QED) is 0.426. The fraction of sp³-hybridized carbons (Fsp3) is 0. The van der Waals surface area contributed by atoms with Gasteiger partial charge in [0.05, 0.1) is 5.56 Å². The minimum Gasteiger partial charge on any atom is -0.438 e. The van der Waals surface area contributed by atoms with E-state index in [9.17, 15) is 0 Å². The topological polar surface area (TPSA) is 38.9 Å². The van der Waals surface area contributed by atoms with Crippen LogP contribution in [0.15, 0.2) is 40.9 Å². The lowest BCUT2D eigenvalue weighted by molar-refractivity contribution is 0.595. The monoisotopic (exact) mass is 214 g/mol. The molecule has 15 heavy (non-hydrogen) atoms. The Bertz CT molecular complexity index is 662. The van der Waals surface area contributed by atoms with Gasteiger partial charge in [0.1, 0.15) is 5.58 Å². The Morgan fingerprint density at radius 1 is 1.20 bits per heavy atom. The summed E-state index contributed by atoms with van der Waals surface area (Å²) in [6.45, 7) is 0. The molecule has 3 nitrogen and oxygen atoms in total. The molecule has 0 bridgehead atoms. The number of benzene rings is 1. The van der Waals surface area contributed by atoms with E-state index in [1.165, 1.54) is 0 Å². The molecule has 0 amide bonds. The van der Waals surface area contributed by atoms with Crippen molar-refractivity contribution in [2.75, 3.05) is 0 Å². The zero-order valence-electron chi connectivity index (χ0n) is 7.68. The predicted molar refractivity (Wildman–Crippen MR) is 59.3 cm³/mol. The van der Waals surface area contributed by atoms with Crippen LogP contribution < -0.4 is 0 Å². The van der Waals surface area contributed by atoms with E-state index in [4.69, 9.17) is 16.6 Å². The fourth-order valence-corrected chi connectivity index (χ4v) is 1.64. The zero-order valence-corrected chi connectivity index (χ0v) is 8.49. The van der Waals surface area contributed by atoms with Crippen LogP contribution in [0.1, 0.15) is 0 Å². The van der Waals surface area contributed by atoms with Crippen molar-refractivity contribution in [3.05, 3.63) is 41.3 Å². The third-order valence-corrected chi connectivity index (χ3v) is 2.39. The smallest absolute Gasteiger partial charge is 0.230 e. The lowest BCUT2D eigenvalue weighted by Crippen LogP contribution is -1.89. The van der Waals surface area contributed by atoms with Gasteiger partial charge in [-0.25, -0.2) is 4.98 Å². The number of aromatic nitrogens is 2. The summed E-state index contributed by atoms with van der Waals surface area (Å²) in [6, 6.07) is 9.77. The van der Waals surface area contributed by atoms with E-state index < -0.39 is 0 Å². The molecule has 1 aromatic rings. The molecule has 0 fully saturated rings. The van der Waals surface area contributed by atoms with E-state index >= 15 is 0 Å². The maximum Gasteiger partial charge on any atom is 0.230 e. The standard InChI is InChI=1S/C11H6N2OS/c15-11-12-6-8-5-7-3-1-2-4-9(7)14-10(8)13-11/h1-6H. The molecule has 0 unspecified atom stereocenters. The van der Waals surface area contributed by atoms with E-state index in [0.29, 0.717) is 10.7 Å². The van der Waals surface area contributed by atoms with Gasteiger partial charge in [0.2, 0.25) is 10.7 Å². The van der Waals surface area contributed by atoms with Gasteiger partial charge in [-0.1, -0.05) is 18.2 Å². The van der Waals surface area contributed by atoms with Gasteiger partial charge in [-0.15, -0.1) is 0 Å². The third kappa shape index (κ3) is 1.39. The fourth-order valence-electron chi connectivity index (χ4n) is 1.51. The molecule has 0 saturated heterocycles. The normalized spacial score (nSPS) is 10.9. The van der Waals surface area contributed by atoms with Gasteiger partial charge in [0, 0.05) is 11.6 Å². The number of nitrogens with zero attached hydrogens (tertiary/aromatic N) is 2. The number of fused-ring (bicyclic) bond motifs is 2. The molecule has 72 valence electrons. The van der Waals surface area contributed by atoms with Gasteiger partial charge in [0.15, 0.2) is 0 Å². The first kappa shape index (κ1) is 8.49.